The number of ether oxygens (including phenoxy) is 4. The second-order valence-electron chi connectivity index (χ2n) is 9.30. The summed E-state index contributed by atoms with van der Waals surface area (Å²) in [6, 6.07) is 25.2. The van der Waals surface area contributed by atoms with Crippen LogP contribution in [0.1, 0.15) is 24.3 Å². The number of halogens is 6. The molecule has 1 saturated heterocycles. The van der Waals surface area contributed by atoms with Gasteiger partial charge in [-0.25, -0.2) is 16.5 Å². The van der Waals surface area contributed by atoms with Gasteiger partial charge in [0, 0.05) is 137 Å². The Morgan fingerprint density at radius 3 is 1.76 bits per heavy atom. The minimum atomic E-state index is -5.05. The van der Waals surface area contributed by atoms with Gasteiger partial charge >= 0.3 is 12.5 Å². The van der Waals surface area contributed by atoms with Crippen LogP contribution in [0.3, 0.4) is 0 Å². The van der Waals surface area contributed by atoms with E-state index in [9.17, 15) is 26.3 Å². The van der Waals surface area contributed by atoms with Gasteiger partial charge in [-0.2, -0.15) is 37.6 Å². The van der Waals surface area contributed by atoms with E-state index in [1.54, 1.807) is 12.1 Å². The van der Waals surface area contributed by atoms with Crippen molar-refractivity contribution in [2.24, 2.45) is 5.92 Å². The van der Waals surface area contributed by atoms with Crippen LogP contribution in [0.5, 0.6) is 11.5 Å². The SMILES string of the molecule is CC1COC(c2c[c-]c(-c3ccc(C(F)(F)Oc4c[c-]c(-c5ccc(OC(F)(F)F)c(F)c5)[c-]c4)cc3)[c-]c2)OC1.[Y].[Y].[Y].[Y]. The van der Waals surface area contributed by atoms with Crippen molar-refractivity contribution in [1.82, 2.24) is 0 Å². The number of hydrogen-bond donors (Lipinski definition) is 0. The van der Waals surface area contributed by atoms with Crippen LogP contribution in [0.25, 0.3) is 22.3 Å². The van der Waals surface area contributed by atoms with Gasteiger partial charge in [-0.3, -0.25) is 35.4 Å². The number of hydrogen-bond acceptors (Lipinski definition) is 4. The van der Waals surface area contributed by atoms with Crippen LogP contribution in [-0.2, 0) is 146 Å². The van der Waals surface area contributed by atoms with Gasteiger partial charge in [-0.05, 0) is 11.8 Å². The molecule has 0 spiro atoms. The molecule has 0 bridgehead atoms. The predicted octanol–water partition coefficient (Wildman–Crippen LogP) is 8.06. The van der Waals surface area contributed by atoms with Gasteiger partial charge < -0.3 is 18.9 Å². The zero-order valence-electron chi connectivity index (χ0n) is 23.6. The summed E-state index contributed by atoms with van der Waals surface area (Å²) >= 11 is 0. The van der Waals surface area contributed by atoms with E-state index in [4.69, 9.17) is 14.2 Å². The Bertz CT molecular complexity index is 1480. The molecule has 45 heavy (non-hydrogen) atoms. The third kappa shape index (κ3) is 12.0. The average molecular weight is 926 g/mol. The summed E-state index contributed by atoms with van der Waals surface area (Å²) in [5.41, 5.74) is 1.76. The smallest absolute Gasteiger partial charge is 0.524 e. The number of rotatable bonds is 7. The molecule has 4 aromatic rings. The quantitative estimate of drug-likeness (QED) is 0.139. The Labute approximate surface area is 357 Å². The van der Waals surface area contributed by atoms with Crippen LogP contribution in [0.2, 0.25) is 0 Å². The van der Waals surface area contributed by atoms with Crippen LogP contribution >= 0.6 is 0 Å². The zero-order chi connectivity index (χ0) is 29.2. The van der Waals surface area contributed by atoms with E-state index in [0.29, 0.717) is 30.3 Å². The van der Waals surface area contributed by atoms with Crippen molar-refractivity contribution in [3.05, 3.63) is 108 Å². The molecule has 0 saturated carbocycles. The Morgan fingerprint density at radius 2 is 1.22 bits per heavy atom. The first-order valence-corrected chi connectivity index (χ1v) is 12.3. The second-order valence-corrected chi connectivity index (χ2v) is 9.30. The second kappa shape index (κ2) is 19.0. The maximum atomic E-state index is 14.9. The topological polar surface area (TPSA) is 36.9 Å². The van der Waals surface area contributed by atoms with E-state index >= 15 is 0 Å². The third-order valence-corrected chi connectivity index (χ3v) is 6.02. The van der Waals surface area contributed by atoms with Gasteiger partial charge in [-0.1, -0.05) is 25.1 Å². The molecule has 0 N–H and O–H groups in total. The maximum absolute atomic E-state index is 14.9. The van der Waals surface area contributed by atoms with Crippen LogP contribution in [0.15, 0.2) is 66.7 Å². The molecule has 4 radical (unpaired) electrons. The zero-order valence-corrected chi connectivity index (χ0v) is 35.0. The van der Waals surface area contributed by atoms with Gasteiger partial charge in [0.25, 0.3) is 0 Å². The third-order valence-electron chi connectivity index (χ3n) is 6.02. The molecule has 1 aliphatic rings. The van der Waals surface area contributed by atoms with Crippen molar-refractivity contribution in [1.29, 1.82) is 0 Å². The molecule has 226 valence electrons. The van der Waals surface area contributed by atoms with E-state index in [2.05, 4.69) is 29.0 Å². The van der Waals surface area contributed by atoms with Crippen molar-refractivity contribution in [2.45, 2.75) is 25.7 Å². The molecule has 14 heteroatoms. The van der Waals surface area contributed by atoms with Gasteiger partial charge in [0.05, 0.1) is 18.8 Å². The fourth-order valence-electron chi connectivity index (χ4n) is 3.99. The number of benzene rings is 4. The van der Waals surface area contributed by atoms with Crippen molar-refractivity contribution in [3.63, 3.8) is 0 Å². The van der Waals surface area contributed by atoms with Crippen LogP contribution in [-0.4, -0.2) is 19.6 Å². The summed E-state index contributed by atoms with van der Waals surface area (Å²) in [7, 11) is 0. The molecule has 1 fully saturated rings. The van der Waals surface area contributed by atoms with Crippen molar-refractivity contribution in [3.8, 4) is 33.8 Å². The molecule has 1 heterocycles. The van der Waals surface area contributed by atoms with Crippen LogP contribution in [0, 0.1) is 36.0 Å². The minimum Gasteiger partial charge on any atom is -0.524 e. The molecule has 0 aliphatic carbocycles. The van der Waals surface area contributed by atoms with E-state index in [1.165, 1.54) is 24.3 Å². The molecule has 0 amide bonds. The predicted molar refractivity (Wildman–Crippen MR) is 134 cm³/mol. The summed E-state index contributed by atoms with van der Waals surface area (Å²) in [4.78, 5) is 0. The normalized spacial score (nSPS) is 16.2. The van der Waals surface area contributed by atoms with Crippen LogP contribution < -0.4 is 9.47 Å². The minimum absolute atomic E-state index is 0. The summed E-state index contributed by atoms with van der Waals surface area (Å²) in [5, 5.41) is 0. The summed E-state index contributed by atoms with van der Waals surface area (Å²) in [6.07, 6.45) is -9.25. The maximum Gasteiger partial charge on any atom is 0.573 e. The van der Waals surface area contributed by atoms with Crippen LogP contribution in [0.4, 0.5) is 26.3 Å². The molecule has 4 nitrogen and oxygen atoms in total. The fourth-order valence-corrected chi connectivity index (χ4v) is 3.99. The fraction of sp³-hybridized carbons (Fsp3) is 0.226. The van der Waals surface area contributed by atoms with Gasteiger partial charge in [0.1, 0.15) is 12.1 Å². The van der Waals surface area contributed by atoms with Gasteiger partial charge in [0.2, 0.25) is 0 Å². The first-order chi connectivity index (χ1) is 19.5. The molecular formula is C31H20F6O4Y4-4. The molecular weight excluding hydrogens is 906 g/mol. The molecule has 0 atom stereocenters. The van der Waals surface area contributed by atoms with Crippen molar-refractivity contribution in [2.75, 3.05) is 13.2 Å². The Kier molecular flexibility index (Phi) is 18.3. The summed E-state index contributed by atoms with van der Waals surface area (Å²) in [6.45, 7) is 3.20. The molecule has 0 aromatic heterocycles. The molecule has 1 aliphatic heterocycles. The van der Waals surface area contributed by atoms with E-state index in [-0.39, 0.29) is 148 Å². The summed E-state index contributed by atoms with van der Waals surface area (Å²) in [5.74, 6) is -2.22. The summed E-state index contributed by atoms with van der Waals surface area (Å²) < 4.78 is 101. The van der Waals surface area contributed by atoms with E-state index < -0.39 is 35.9 Å². The first kappa shape index (κ1) is 43.4. The largest absolute Gasteiger partial charge is 0.573 e. The Balaban J connectivity index is 0.00000253. The van der Waals surface area contributed by atoms with Crippen molar-refractivity contribution >= 4 is 0 Å². The Morgan fingerprint density at radius 1 is 0.711 bits per heavy atom. The first-order valence-electron chi connectivity index (χ1n) is 12.3. The van der Waals surface area contributed by atoms with E-state index in [1.807, 2.05) is 6.92 Å². The van der Waals surface area contributed by atoms with E-state index in [0.717, 1.165) is 35.9 Å². The molecule has 0 unspecified atom stereocenters. The molecule has 5 rings (SSSR count). The van der Waals surface area contributed by atoms with Crippen molar-refractivity contribution < 1.29 is 176 Å². The van der Waals surface area contributed by atoms with Gasteiger partial charge in [0.15, 0.2) is 5.75 Å². The monoisotopic (exact) mass is 926 g/mol. The Hall–Kier alpha value is 0.396. The van der Waals surface area contributed by atoms with Gasteiger partial charge in [-0.15, -0.1) is 31.4 Å². The molecule has 4 aromatic carbocycles. The number of alkyl halides is 5. The standard InChI is InChI=1S/C31H20F6O4.4Y/c1-19-17-38-29(39-18-19)23-4-2-20(3-5-23)21-6-11-25(12-7-21)30(33,34)40-26-13-8-22(9-14-26)24-10-15-28(27(32)16-24)41-31(35,36)37;;;;/h4-7,10-16,19,29H,17-18H2,1H3;;;;/q-4;;;;. The average Bonchev–Trinajstić information content (AvgIpc) is 2.94.